The average molecular weight is 206 g/mol. The predicted octanol–water partition coefficient (Wildman–Crippen LogP) is -0.0895. The summed E-state index contributed by atoms with van der Waals surface area (Å²) >= 11 is 0. The van der Waals surface area contributed by atoms with Crippen molar-refractivity contribution < 1.29 is 4.79 Å². The summed E-state index contributed by atoms with van der Waals surface area (Å²) in [6.45, 7) is 4.50. The second-order valence-corrected chi connectivity index (χ2v) is 3.68. The molecule has 1 aliphatic rings. The third-order valence-electron chi connectivity index (χ3n) is 2.59. The van der Waals surface area contributed by atoms with Crippen molar-refractivity contribution in [2.75, 3.05) is 19.6 Å². The summed E-state index contributed by atoms with van der Waals surface area (Å²) in [6, 6.07) is 1.93. The molecule has 1 aromatic heterocycles. The monoisotopic (exact) mass is 206 g/mol. The maximum absolute atomic E-state index is 12.0. The highest BCUT2D eigenvalue weighted by Gasteiger charge is 2.23. The molecule has 15 heavy (non-hydrogen) atoms. The zero-order valence-corrected chi connectivity index (χ0v) is 8.68. The van der Waals surface area contributed by atoms with Crippen LogP contribution < -0.4 is 5.32 Å². The Morgan fingerprint density at radius 1 is 1.60 bits per heavy atom. The Morgan fingerprint density at radius 2 is 2.47 bits per heavy atom. The summed E-state index contributed by atoms with van der Waals surface area (Å²) in [5.74, 6) is 0.0406. The van der Waals surface area contributed by atoms with Crippen LogP contribution in [0.1, 0.15) is 17.3 Å². The van der Waals surface area contributed by atoms with Crippen LogP contribution in [0.25, 0.3) is 0 Å². The quantitative estimate of drug-likeness (QED) is 0.697. The molecule has 1 atom stereocenters. The van der Waals surface area contributed by atoms with Crippen molar-refractivity contribution >= 4 is 5.91 Å². The van der Waals surface area contributed by atoms with Crippen LogP contribution in [0.15, 0.2) is 18.5 Å². The first-order chi connectivity index (χ1) is 7.29. The molecule has 1 aliphatic heterocycles. The van der Waals surface area contributed by atoms with Crippen molar-refractivity contribution in [1.29, 1.82) is 0 Å². The van der Waals surface area contributed by atoms with Gasteiger partial charge in [0.15, 0.2) is 0 Å². The summed E-state index contributed by atoms with van der Waals surface area (Å²) in [4.78, 5) is 13.9. The molecule has 5 nitrogen and oxygen atoms in total. The van der Waals surface area contributed by atoms with Gasteiger partial charge in [-0.3, -0.25) is 4.79 Å². The minimum absolute atomic E-state index is 0.0406. The molecule has 1 amide bonds. The van der Waals surface area contributed by atoms with E-state index in [2.05, 4.69) is 15.5 Å². The number of amides is 1. The van der Waals surface area contributed by atoms with Crippen LogP contribution in [0, 0.1) is 0 Å². The fourth-order valence-electron chi connectivity index (χ4n) is 1.73. The number of carbonyl (C=O) groups is 1. The normalized spacial score (nSPS) is 21.4. The van der Waals surface area contributed by atoms with Crippen molar-refractivity contribution in [1.82, 2.24) is 20.4 Å². The van der Waals surface area contributed by atoms with Gasteiger partial charge in [-0.05, 0) is 13.0 Å². The molecule has 5 heteroatoms. The van der Waals surface area contributed by atoms with E-state index in [0.29, 0.717) is 5.56 Å². The molecule has 1 N–H and O–H groups in total. The van der Waals surface area contributed by atoms with Gasteiger partial charge in [0.05, 0.1) is 18.0 Å². The van der Waals surface area contributed by atoms with Gasteiger partial charge in [0.25, 0.3) is 5.91 Å². The van der Waals surface area contributed by atoms with E-state index in [0.717, 1.165) is 19.6 Å². The Balaban J connectivity index is 2.13. The molecule has 0 spiro atoms. The molecule has 1 fully saturated rings. The smallest absolute Gasteiger partial charge is 0.255 e. The Kier molecular flexibility index (Phi) is 2.91. The first-order valence-electron chi connectivity index (χ1n) is 5.07. The Hall–Kier alpha value is -1.49. The molecular formula is C10H14N4O. The lowest BCUT2D eigenvalue weighted by atomic mass is 10.2. The summed E-state index contributed by atoms with van der Waals surface area (Å²) in [5.41, 5.74) is 0.610. The second kappa shape index (κ2) is 4.35. The van der Waals surface area contributed by atoms with E-state index < -0.39 is 0 Å². The van der Waals surface area contributed by atoms with E-state index in [9.17, 15) is 4.79 Å². The van der Waals surface area contributed by atoms with Crippen LogP contribution in [0.3, 0.4) is 0 Å². The Bertz CT molecular complexity index is 341. The van der Waals surface area contributed by atoms with Gasteiger partial charge in [-0.25, -0.2) is 0 Å². The Labute approximate surface area is 88.5 Å². The number of hydrogen-bond acceptors (Lipinski definition) is 4. The van der Waals surface area contributed by atoms with E-state index in [4.69, 9.17) is 0 Å². The molecular weight excluding hydrogens is 192 g/mol. The van der Waals surface area contributed by atoms with Crippen LogP contribution >= 0.6 is 0 Å². The number of piperazine rings is 1. The first kappa shape index (κ1) is 10.0. The van der Waals surface area contributed by atoms with Crippen LogP contribution in [-0.2, 0) is 0 Å². The SMILES string of the molecule is C[C@@H]1CNCCN1C(=O)c1ccnnc1. The molecule has 1 saturated heterocycles. The summed E-state index contributed by atoms with van der Waals surface area (Å²) < 4.78 is 0. The molecule has 0 aliphatic carbocycles. The van der Waals surface area contributed by atoms with Gasteiger partial charge in [0.1, 0.15) is 0 Å². The highest BCUT2D eigenvalue weighted by atomic mass is 16.2. The maximum atomic E-state index is 12.0. The number of hydrogen-bond donors (Lipinski definition) is 1. The zero-order chi connectivity index (χ0) is 10.7. The topological polar surface area (TPSA) is 58.1 Å². The highest BCUT2D eigenvalue weighted by molar-refractivity contribution is 5.94. The molecule has 2 heterocycles. The van der Waals surface area contributed by atoms with Crippen LogP contribution in [0.5, 0.6) is 0 Å². The summed E-state index contributed by atoms with van der Waals surface area (Å²) in [7, 11) is 0. The molecule has 1 aromatic rings. The van der Waals surface area contributed by atoms with Gasteiger partial charge in [-0.1, -0.05) is 0 Å². The number of rotatable bonds is 1. The molecule has 2 rings (SSSR count). The van der Waals surface area contributed by atoms with E-state index >= 15 is 0 Å². The van der Waals surface area contributed by atoms with Gasteiger partial charge in [0.2, 0.25) is 0 Å². The minimum atomic E-state index is 0.0406. The second-order valence-electron chi connectivity index (χ2n) is 3.68. The van der Waals surface area contributed by atoms with E-state index in [1.54, 1.807) is 12.3 Å². The summed E-state index contributed by atoms with van der Waals surface area (Å²) in [5, 5.41) is 10.6. The zero-order valence-electron chi connectivity index (χ0n) is 8.68. The van der Waals surface area contributed by atoms with Crippen molar-refractivity contribution in [3.8, 4) is 0 Å². The predicted molar refractivity (Wildman–Crippen MR) is 55.4 cm³/mol. The average Bonchev–Trinajstić information content (AvgIpc) is 2.30. The lowest BCUT2D eigenvalue weighted by Gasteiger charge is -2.33. The third-order valence-corrected chi connectivity index (χ3v) is 2.59. The van der Waals surface area contributed by atoms with Gasteiger partial charge in [-0.15, -0.1) is 0 Å². The standard InChI is InChI=1S/C10H14N4O/c1-8-6-11-4-5-14(8)10(15)9-2-3-12-13-7-9/h2-3,7-8,11H,4-6H2,1H3/t8-/m1/s1. The molecule has 80 valence electrons. The van der Waals surface area contributed by atoms with Gasteiger partial charge in [-0.2, -0.15) is 10.2 Å². The minimum Gasteiger partial charge on any atom is -0.333 e. The third kappa shape index (κ3) is 2.12. The molecule has 0 saturated carbocycles. The van der Waals surface area contributed by atoms with Crippen molar-refractivity contribution in [2.24, 2.45) is 0 Å². The number of aromatic nitrogens is 2. The highest BCUT2D eigenvalue weighted by Crippen LogP contribution is 2.08. The number of nitrogens with one attached hydrogen (secondary N) is 1. The van der Waals surface area contributed by atoms with Crippen molar-refractivity contribution in [3.05, 3.63) is 24.0 Å². The number of nitrogens with zero attached hydrogens (tertiary/aromatic N) is 3. The molecule has 0 unspecified atom stereocenters. The van der Waals surface area contributed by atoms with E-state index in [1.165, 1.54) is 6.20 Å². The first-order valence-corrected chi connectivity index (χ1v) is 5.07. The summed E-state index contributed by atoms with van der Waals surface area (Å²) in [6.07, 6.45) is 3.05. The van der Waals surface area contributed by atoms with Gasteiger partial charge < -0.3 is 10.2 Å². The van der Waals surface area contributed by atoms with Crippen LogP contribution in [0.2, 0.25) is 0 Å². The van der Waals surface area contributed by atoms with Crippen LogP contribution in [-0.4, -0.2) is 46.7 Å². The van der Waals surface area contributed by atoms with E-state index in [1.807, 2.05) is 11.8 Å². The van der Waals surface area contributed by atoms with Crippen molar-refractivity contribution in [2.45, 2.75) is 13.0 Å². The van der Waals surface area contributed by atoms with Crippen molar-refractivity contribution in [3.63, 3.8) is 0 Å². The lowest BCUT2D eigenvalue weighted by molar-refractivity contribution is 0.0655. The largest absolute Gasteiger partial charge is 0.333 e. The maximum Gasteiger partial charge on any atom is 0.255 e. The molecule has 0 aromatic carbocycles. The van der Waals surface area contributed by atoms with Crippen LogP contribution in [0.4, 0.5) is 0 Å². The van der Waals surface area contributed by atoms with Gasteiger partial charge in [0, 0.05) is 25.7 Å². The number of carbonyl (C=O) groups excluding carboxylic acids is 1. The van der Waals surface area contributed by atoms with E-state index in [-0.39, 0.29) is 11.9 Å². The Morgan fingerprint density at radius 3 is 3.13 bits per heavy atom. The molecule has 0 bridgehead atoms. The fourth-order valence-corrected chi connectivity index (χ4v) is 1.73. The lowest BCUT2D eigenvalue weighted by Crippen LogP contribution is -2.52. The molecule has 0 radical (unpaired) electrons. The fraction of sp³-hybridized carbons (Fsp3) is 0.500. The van der Waals surface area contributed by atoms with Gasteiger partial charge >= 0.3 is 0 Å².